The van der Waals surface area contributed by atoms with E-state index in [1.165, 1.54) is 22.9 Å². The Morgan fingerprint density at radius 2 is 1.94 bits per heavy atom. The van der Waals surface area contributed by atoms with Gasteiger partial charge in [0.25, 0.3) is 11.5 Å². The molecule has 0 unspecified atom stereocenters. The van der Waals surface area contributed by atoms with E-state index in [2.05, 4.69) is 30.0 Å². The maximum Gasteiger partial charge on any atom is 0.267 e. The highest BCUT2D eigenvalue weighted by molar-refractivity contribution is 8.26. The molecule has 0 aliphatic carbocycles. The number of pyridine rings is 1. The van der Waals surface area contributed by atoms with Crippen molar-refractivity contribution in [1.82, 2.24) is 14.3 Å². The van der Waals surface area contributed by atoms with E-state index in [0.29, 0.717) is 39.3 Å². The average Bonchev–Trinajstić information content (AvgIpc) is 3.11. The molecule has 34 heavy (non-hydrogen) atoms. The van der Waals surface area contributed by atoms with Crippen LogP contribution in [-0.4, -0.2) is 37.6 Å². The summed E-state index contributed by atoms with van der Waals surface area (Å²) in [5.41, 5.74) is 4.37. The number of aromatic nitrogens is 2. The van der Waals surface area contributed by atoms with Crippen LogP contribution in [-0.2, 0) is 17.8 Å². The number of amides is 1. The molecule has 174 valence electrons. The van der Waals surface area contributed by atoms with Crippen LogP contribution in [0.2, 0.25) is 0 Å². The lowest BCUT2D eigenvalue weighted by molar-refractivity contribution is -0.122. The zero-order valence-electron chi connectivity index (χ0n) is 19.3. The maximum absolute atomic E-state index is 13.7. The van der Waals surface area contributed by atoms with Gasteiger partial charge < -0.3 is 4.90 Å². The maximum atomic E-state index is 13.7. The van der Waals surface area contributed by atoms with Crippen molar-refractivity contribution in [3.05, 3.63) is 80.1 Å². The first-order valence-corrected chi connectivity index (χ1v) is 12.8. The standard InChI is InChI=1S/C26H26N4O2S2/c1-3-4-12-30-25(32)21(34-26(30)33)15-20-23(27-22-17(2)8-7-13-29(22)24(20)31)28-14-11-18-9-5-6-10-19(18)16-28/h5-10,13,15H,3-4,11-12,14,16H2,1-2H3/b21-15-. The topological polar surface area (TPSA) is 57.9 Å². The number of thiocarbonyl (C=S) groups is 1. The van der Waals surface area contributed by atoms with E-state index in [-0.39, 0.29) is 11.5 Å². The van der Waals surface area contributed by atoms with Crippen LogP contribution in [0, 0.1) is 6.92 Å². The largest absolute Gasteiger partial charge is 0.351 e. The van der Waals surface area contributed by atoms with E-state index < -0.39 is 0 Å². The summed E-state index contributed by atoms with van der Waals surface area (Å²) in [5, 5.41) is 0. The molecule has 2 aromatic heterocycles. The number of carbonyl (C=O) groups is 1. The Balaban J connectivity index is 1.64. The third-order valence-electron chi connectivity index (χ3n) is 6.38. The molecule has 2 aliphatic rings. The van der Waals surface area contributed by atoms with Crippen molar-refractivity contribution < 1.29 is 4.79 Å². The second-order valence-electron chi connectivity index (χ2n) is 8.67. The Bertz CT molecular complexity index is 1400. The van der Waals surface area contributed by atoms with Crippen molar-refractivity contribution in [3.63, 3.8) is 0 Å². The minimum absolute atomic E-state index is 0.132. The van der Waals surface area contributed by atoms with Gasteiger partial charge in [0.15, 0.2) is 0 Å². The van der Waals surface area contributed by atoms with E-state index in [1.807, 2.05) is 25.1 Å². The predicted molar refractivity (Wildman–Crippen MR) is 142 cm³/mol. The van der Waals surface area contributed by atoms with Gasteiger partial charge >= 0.3 is 0 Å². The van der Waals surface area contributed by atoms with Crippen LogP contribution in [0.4, 0.5) is 5.82 Å². The fourth-order valence-corrected chi connectivity index (χ4v) is 5.77. The molecule has 0 radical (unpaired) electrons. The zero-order valence-corrected chi connectivity index (χ0v) is 20.9. The Hall–Kier alpha value is -2.97. The number of thioether (sulfide) groups is 1. The van der Waals surface area contributed by atoms with Gasteiger partial charge in [0.1, 0.15) is 15.8 Å². The molecule has 0 bridgehead atoms. The van der Waals surface area contributed by atoms with Gasteiger partial charge in [0, 0.05) is 25.8 Å². The molecule has 0 saturated carbocycles. The van der Waals surface area contributed by atoms with E-state index in [4.69, 9.17) is 17.2 Å². The summed E-state index contributed by atoms with van der Waals surface area (Å²) in [6, 6.07) is 12.2. The Morgan fingerprint density at radius 3 is 2.74 bits per heavy atom. The van der Waals surface area contributed by atoms with E-state index in [1.54, 1.807) is 21.6 Å². The van der Waals surface area contributed by atoms with Gasteiger partial charge in [-0.1, -0.05) is 67.7 Å². The van der Waals surface area contributed by atoms with Crippen molar-refractivity contribution >= 4 is 51.7 Å². The highest BCUT2D eigenvalue weighted by Gasteiger charge is 2.32. The highest BCUT2D eigenvalue weighted by atomic mass is 32.2. The molecule has 2 aliphatic heterocycles. The number of carbonyl (C=O) groups excluding carboxylic acids is 1. The van der Waals surface area contributed by atoms with Crippen LogP contribution in [0.25, 0.3) is 11.7 Å². The van der Waals surface area contributed by atoms with Gasteiger partial charge in [0.05, 0.1) is 10.5 Å². The number of hydrogen-bond acceptors (Lipinski definition) is 6. The average molecular weight is 491 g/mol. The Labute approximate surface area is 208 Å². The Morgan fingerprint density at radius 1 is 1.15 bits per heavy atom. The lowest BCUT2D eigenvalue weighted by Gasteiger charge is -2.31. The van der Waals surface area contributed by atoms with E-state index in [9.17, 15) is 9.59 Å². The molecule has 1 amide bonds. The van der Waals surface area contributed by atoms with Crippen LogP contribution < -0.4 is 10.5 Å². The first-order valence-electron chi connectivity index (χ1n) is 11.6. The first-order chi connectivity index (χ1) is 16.5. The van der Waals surface area contributed by atoms with Crippen LogP contribution >= 0.6 is 24.0 Å². The van der Waals surface area contributed by atoms with Crippen LogP contribution in [0.3, 0.4) is 0 Å². The fourth-order valence-electron chi connectivity index (χ4n) is 4.48. The second kappa shape index (κ2) is 9.35. The molecule has 1 fully saturated rings. The molecule has 1 aromatic carbocycles. The summed E-state index contributed by atoms with van der Waals surface area (Å²) in [4.78, 5) is 36.1. The number of aryl methyl sites for hydroxylation is 1. The molecular formula is C26H26N4O2S2. The van der Waals surface area contributed by atoms with Gasteiger partial charge in [-0.25, -0.2) is 4.98 Å². The van der Waals surface area contributed by atoms with Gasteiger partial charge in [-0.15, -0.1) is 0 Å². The summed E-state index contributed by atoms with van der Waals surface area (Å²) >= 11 is 6.73. The smallest absolute Gasteiger partial charge is 0.267 e. The molecule has 6 nitrogen and oxygen atoms in total. The van der Waals surface area contributed by atoms with Gasteiger partial charge in [-0.3, -0.25) is 18.9 Å². The summed E-state index contributed by atoms with van der Waals surface area (Å²) in [7, 11) is 0. The molecular weight excluding hydrogens is 464 g/mol. The number of benzene rings is 1. The molecule has 1 saturated heterocycles. The molecule has 8 heteroatoms. The SMILES string of the molecule is CCCCN1C(=O)/C(=C/c2c(N3CCc4ccccc4C3)nc3c(C)cccn3c2=O)SC1=S. The number of hydrogen-bond donors (Lipinski definition) is 0. The van der Waals surface area contributed by atoms with Crippen molar-refractivity contribution in [1.29, 1.82) is 0 Å². The second-order valence-corrected chi connectivity index (χ2v) is 10.3. The molecule has 3 aromatic rings. The van der Waals surface area contributed by atoms with E-state index >= 15 is 0 Å². The summed E-state index contributed by atoms with van der Waals surface area (Å²) in [6.07, 6.45) is 6.18. The van der Waals surface area contributed by atoms with Crippen molar-refractivity contribution in [2.75, 3.05) is 18.0 Å². The molecule has 4 heterocycles. The molecule has 5 rings (SSSR count). The molecule has 0 spiro atoms. The monoisotopic (exact) mass is 490 g/mol. The summed E-state index contributed by atoms with van der Waals surface area (Å²) < 4.78 is 2.11. The molecule has 0 N–H and O–H groups in total. The number of anilines is 1. The number of rotatable bonds is 5. The Kier molecular flexibility index (Phi) is 6.27. The summed E-state index contributed by atoms with van der Waals surface area (Å²) in [6.45, 7) is 6.06. The third-order valence-corrected chi connectivity index (χ3v) is 7.76. The van der Waals surface area contributed by atoms with Crippen LogP contribution in [0.15, 0.2) is 52.3 Å². The zero-order chi connectivity index (χ0) is 23.8. The number of fused-ring (bicyclic) bond motifs is 2. The van der Waals surface area contributed by atoms with Gasteiger partial charge in [0.2, 0.25) is 0 Å². The fraction of sp³-hybridized carbons (Fsp3) is 0.308. The van der Waals surface area contributed by atoms with Crippen LogP contribution in [0.1, 0.15) is 42.0 Å². The highest BCUT2D eigenvalue weighted by Crippen LogP contribution is 2.34. The normalized spacial score (nSPS) is 17.2. The quantitative estimate of drug-likeness (QED) is 0.386. The minimum atomic E-state index is -0.179. The first kappa shape index (κ1) is 22.8. The van der Waals surface area contributed by atoms with E-state index in [0.717, 1.165) is 31.4 Å². The minimum Gasteiger partial charge on any atom is -0.351 e. The summed E-state index contributed by atoms with van der Waals surface area (Å²) in [5.74, 6) is 0.486. The third kappa shape index (κ3) is 4.05. The number of nitrogens with zero attached hydrogens (tertiary/aromatic N) is 4. The number of unbranched alkanes of at least 4 members (excludes halogenated alkanes) is 1. The lowest BCUT2D eigenvalue weighted by Crippen LogP contribution is -2.34. The van der Waals surface area contributed by atoms with Gasteiger partial charge in [-0.05, 0) is 48.6 Å². The predicted octanol–water partition coefficient (Wildman–Crippen LogP) is 4.57. The van der Waals surface area contributed by atoms with Crippen LogP contribution in [0.5, 0.6) is 0 Å². The molecule has 0 atom stereocenters. The van der Waals surface area contributed by atoms with Crippen molar-refractivity contribution in [2.24, 2.45) is 0 Å². The lowest BCUT2D eigenvalue weighted by atomic mass is 9.99. The van der Waals surface area contributed by atoms with Crippen molar-refractivity contribution in [3.8, 4) is 0 Å². The van der Waals surface area contributed by atoms with Crippen molar-refractivity contribution in [2.45, 2.75) is 39.7 Å². The van der Waals surface area contributed by atoms with Gasteiger partial charge in [-0.2, -0.15) is 0 Å².